The van der Waals surface area contributed by atoms with E-state index in [1.54, 1.807) is 6.08 Å². The summed E-state index contributed by atoms with van der Waals surface area (Å²) < 4.78 is 4.55. The van der Waals surface area contributed by atoms with Crippen molar-refractivity contribution >= 4 is 17.5 Å². The van der Waals surface area contributed by atoms with Crippen LogP contribution in [0.15, 0.2) is 29.0 Å². The van der Waals surface area contributed by atoms with Gasteiger partial charge in [-0.2, -0.15) is 0 Å². The molecular formula is C18H25NO4. The number of methoxy groups -OCH3 is 1. The lowest BCUT2D eigenvalue weighted by molar-refractivity contribution is -0.141. The van der Waals surface area contributed by atoms with Gasteiger partial charge >= 0.3 is 5.97 Å². The molecule has 126 valence electrons. The van der Waals surface area contributed by atoms with Gasteiger partial charge in [-0.15, -0.1) is 0 Å². The number of ketones is 1. The molecular weight excluding hydrogens is 294 g/mol. The van der Waals surface area contributed by atoms with Gasteiger partial charge in [0.2, 0.25) is 0 Å². The quantitative estimate of drug-likeness (QED) is 0.313. The Morgan fingerprint density at radius 3 is 2.87 bits per heavy atom. The molecule has 0 saturated heterocycles. The van der Waals surface area contributed by atoms with Crippen molar-refractivity contribution in [2.45, 2.75) is 39.5 Å². The number of carbonyl (C=O) groups is 2. The fourth-order valence-electron chi connectivity index (χ4n) is 3.03. The van der Waals surface area contributed by atoms with Crippen LogP contribution in [-0.2, 0) is 19.2 Å². The standard InChI is InChI=1S/C18H25NO4/c1-12(2)17(20)7-6-13-4-5-14-10-15(11-16(13)14)19-23-9-8-18(21)22-3/h4,6-7,12,14,16H,5,8-11H2,1-3H3/b7-6-,19-15+/t14-,16+/m1/s1. The van der Waals surface area contributed by atoms with Gasteiger partial charge in [-0.1, -0.05) is 31.2 Å². The molecule has 0 N–H and O–H groups in total. The molecule has 5 heteroatoms. The maximum Gasteiger partial charge on any atom is 0.309 e. The third-order valence-corrected chi connectivity index (χ3v) is 4.43. The number of rotatable bonds is 7. The zero-order valence-corrected chi connectivity index (χ0v) is 14.1. The summed E-state index contributed by atoms with van der Waals surface area (Å²) >= 11 is 0. The predicted molar refractivity (Wildman–Crippen MR) is 87.9 cm³/mol. The number of carbonyl (C=O) groups excluding carboxylic acids is 2. The van der Waals surface area contributed by atoms with Crippen molar-refractivity contribution in [3.63, 3.8) is 0 Å². The predicted octanol–water partition coefficient (Wildman–Crippen LogP) is 3.06. The Kier molecular flexibility index (Phi) is 6.13. The number of ether oxygens (including phenoxy) is 1. The molecule has 0 bridgehead atoms. The highest BCUT2D eigenvalue weighted by atomic mass is 16.6. The second-order valence-electron chi connectivity index (χ2n) is 6.42. The molecule has 0 amide bonds. The van der Waals surface area contributed by atoms with E-state index in [1.165, 1.54) is 12.7 Å². The first-order valence-electron chi connectivity index (χ1n) is 8.17. The molecule has 0 unspecified atom stereocenters. The molecule has 0 aromatic heterocycles. The summed E-state index contributed by atoms with van der Waals surface area (Å²) in [7, 11) is 1.36. The van der Waals surface area contributed by atoms with Crippen LogP contribution in [0.5, 0.6) is 0 Å². The van der Waals surface area contributed by atoms with Gasteiger partial charge in [-0.25, -0.2) is 0 Å². The Bertz CT molecular complexity index is 545. The van der Waals surface area contributed by atoms with Crippen molar-refractivity contribution in [3.8, 4) is 0 Å². The summed E-state index contributed by atoms with van der Waals surface area (Å²) in [5, 5.41) is 4.16. The maximum atomic E-state index is 11.7. The fourth-order valence-corrected chi connectivity index (χ4v) is 3.03. The molecule has 2 aliphatic rings. The lowest BCUT2D eigenvalue weighted by Crippen LogP contribution is -2.05. The molecule has 0 radical (unpaired) electrons. The third kappa shape index (κ3) is 4.78. The Balaban J connectivity index is 1.83. The molecule has 0 aromatic rings. The molecule has 0 aromatic carbocycles. The van der Waals surface area contributed by atoms with E-state index in [1.807, 2.05) is 19.9 Å². The Morgan fingerprint density at radius 1 is 1.39 bits per heavy atom. The van der Waals surface area contributed by atoms with E-state index >= 15 is 0 Å². The molecule has 0 aliphatic heterocycles. The summed E-state index contributed by atoms with van der Waals surface area (Å²) in [6.45, 7) is 4.06. The topological polar surface area (TPSA) is 65.0 Å². The van der Waals surface area contributed by atoms with Crippen LogP contribution in [0.1, 0.15) is 39.5 Å². The van der Waals surface area contributed by atoms with Crippen molar-refractivity contribution in [1.82, 2.24) is 0 Å². The zero-order chi connectivity index (χ0) is 16.8. The van der Waals surface area contributed by atoms with Crippen LogP contribution in [0, 0.1) is 17.8 Å². The van der Waals surface area contributed by atoms with Crippen molar-refractivity contribution in [1.29, 1.82) is 0 Å². The van der Waals surface area contributed by atoms with Crippen molar-refractivity contribution in [2.24, 2.45) is 22.9 Å². The van der Waals surface area contributed by atoms with Crippen molar-refractivity contribution in [3.05, 3.63) is 23.8 Å². The average molecular weight is 319 g/mol. The first-order valence-corrected chi connectivity index (χ1v) is 8.17. The van der Waals surface area contributed by atoms with Gasteiger partial charge in [0.1, 0.15) is 6.61 Å². The fraction of sp³-hybridized carbons (Fsp3) is 0.611. The Hall–Kier alpha value is -1.91. The number of nitrogens with zero attached hydrogens (tertiary/aromatic N) is 1. The number of allylic oxidation sites excluding steroid dienone is 4. The van der Waals surface area contributed by atoms with Crippen molar-refractivity contribution in [2.75, 3.05) is 13.7 Å². The number of hydrogen-bond donors (Lipinski definition) is 0. The first kappa shape index (κ1) is 17.4. The molecule has 2 atom stereocenters. The molecule has 2 rings (SSSR count). The minimum atomic E-state index is -0.293. The number of esters is 1. The van der Waals surface area contributed by atoms with Gasteiger partial charge in [0, 0.05) is 5.92 Å². The van der Waals surface area contributed by atoms with Gasteiger partial charge in [-0.3, -0.25) is 9.59 Å². The normalized spacial score (nSPS) is 25.0. The second kappa shape index (κ2) is 8.09. The van der Waals surface area contributed by atoms with E-state index in [-0.39, 0.29) is 30.7 Å². The highest BCUT2D eigenvalue weighted by molar-refractivity contribution is 5.92. The van der Waals surface area contributed by atoms with Crippen LogP contribution in [0.3, 0.4) is 0 Å². The van der Waals surface area contributed by atoms with Crippen LogP contribution in [-0.4, -0.2) is 31.2 Å². The van der Waals surface area contributed by atoms with Crippen LogP contribution < -0.4 is 0 Å². The van der Waals surface area contributed by atoms with Crippen LogP contribution in [0.25, 0.3) is 0 Å². The van der Waals surface area contributed by atoms with E-state index in [4.69, 9.17) is 4.84 Å². The molecule has 1 fully saturated rings. The van der Waals surface area contributed by atoms with E-state index in [0.717, 1.165) is 25.0 Å². The highest BCUT2D eigenvalue weighted by Gasteiger charge is 2.36. The van der Waals surface area contributed by atoms with Gasteiger partial charge in [0.05, 0.1) is 19.2 Å². The SMILES string of the molecule is COC(=O)CCO/N=C1\C[C@H]2CC=C(/C=C\C(=O)C(C)C)[C@@H]2C1. The lowest BCUT2D eigenvalue weighted by Gasteiger charge is -2.10. The van der Waals surface area contributed by atoms with Gasteiger partial charge in [0.25, 0.3) is 0 Å². The van der Waals surface area contributed by atoms with Gasteiger partial charge in [-0.05, 0) is 42.7 Å². The maximum absolute atomic E-state index is 11.7. The number of fused-ring (bicyclic) bond motifs is 1. The average Bonchev–Trinajstić information content (AvgIpc) is 3.09. The summed E-state index contributed by atoms with van der Waals surface area (Å²) in [5.74, 6) is 0.903. The molecule has 1 saturated carbocycles. The van der Waals surface area contributed by atoms with Gasteiger partial charge < -0.3 is 9.57 Å². The largest absolute Gasteiger partial charge is 0.469 e. The van der Waals surface area contributed by atoms with E-state index in [9.17, 15) is 9.59 Å². The Morgan fingerprint density at radius 2 is 2.17 bits per heavy atom. The summed E-state index contributed by atoms with van der Waals surface area (Å²) in [6.07, 6.45) is 8.93. The van der Waals surface area contributed by atoms with E-state index in [2.05, 4.69) is 16.0 Å². The zero-order valence-electron chi connectivity index (χ0n) is 14.1. The smallest absolute Gasteiger partial charge is 0.309 e. The first-order chi connectivity index (χ1) is 11.0. The molecule has 5 nitrogen and oxygen atoms in total. The summed E-state index contributed by atoms with van der Waals surface area (Å²) in [6, 6.07) is 0. The molecule has 2 aliphatic carbocycles. The second-order valence-corrected chi connectivity index (χ2v) is 6.42. The molecule has 0 spiro atoms. The van der Waals surface area contributed by atoms with Crippen molar-refractivity contribution < 1.29 is 19.2 Å². The lowest BCUT2D eigenvalue weighted by atomic mass is 9.94. The minimum absolute atomic E-state index is 0.0352. The number of oxime groups is 1. The minimum Gasteiger partial charge on any atom is -0.469 e. The third-order valence-electron chi connectivity index (χ3n) is 4.43. The van der Waals surface area contributed by atoms with Crippen LogP contribution in [0.2, 0.25) is 0 Å². The Labute approximate surface area is 137 Å². The highest BCUT2D eigenvalue weighted by Crippen LogP contribution is 2.43. The number of hydrogen-bond acceptors (Lipinski definition) is 5. The van der Waals surface area contributed by atoms with Crippen LogP contribution >= 0.6 is 0 Å². The monoisotopic (exact) mass is 319 g/mol. The van der Waals surface area contributed by atoms with Crippen LogP contribution in [0.4, 0.5) is 0 Å². The summed E-state index contributed by atoms with van der Waals surface area (Å²) in [5.41, 5.74) is 2.28. The molecule has 0 heterocycles. The van der Waals surface area contributed by atoms with E-state index in [0.29, 0.717) is 11.8 Å². The molecule has 23 heavy (non-hydrogen) atoms. The van der Waals surface area contributed by atoms with E-state index < -0.39 is 0 Å². The van der Waals surface area contributed by atoms with Gasteiger partial charge in [0.15, 0.2) is 5.78 Å². The summed E-state index contributed by atoms with van der Waals surface area (Å²) in [4.78, 5) is 27.9.